The number of aliphatic carboxylic acids is 1. The molecule has 1 aliphatic carbocycles. The van der Waals surface area contributed by atoms with Crippen LogP contribution in [0.2, 0.25) is 0 Å². The van der Waals surface area contributed by atoms with E-state index in [0.717, 1.165) is 25.7 Å². The van der Waals surface area contributed by atoms with Crippen molar-refractivity contribution < 1.29 is 9.90 Å². The minimum atomic E-state index is -0.593. The number of carbonyl (C=O) groups is 1. The molecule has 80 valence electrons. The Morgan fingerprint density at radius 1 is 1.07 bits per heavy atom. The highest BCUT2D eigenvalue weighted by molar-refractivity contribution is 5.70. The fraction of sp³-hybridized carbons (Fsp3) is 0.909. The van der Waals surface area contributed by atoms with Crippen molar-refractivity contribution in [3.8, 4) is 0 Å². The summed E-state index contributed by atoms with van der Waals surface area (Å²) >= 11 is 0. The summed E-state index contributed by atoms with van der Waals surface area (Å²) < 4.78 is 0. The molecule has 3 nitrogen and oxygen atoms in total. The number of likely N-dealkylation sites (tertiary alicyclic amines) is 1. The molecule has 1 N–H and O–H groups in total. The summed E-state index contributed by atoms with van der Waals surface area (Å²) in [4.78, 5) is 13.3. The van der Waals surface area contributed by atoms with Crippen LogP contribution in [0.25, 0.3) is 0 Å². The SMILES string of the molecule is O=C(O)[C@H]1CC[C@@H](N2CCCC2)CC1. The highest BCUT2D eigenvalue weighted by Gasteiger charge is 2.29. The number of nitrogens with zero attached hydrogens (tertiary/aromatic N) is 1. The van der Waals surface area contributed by atoms with Gasteiger partial charge in [-0.25, -0.2) is 0 Å². The lowest BCUT2D eigenvalue weighted by atomic mass is 9.85. The van der Waals surface area contributed by atoms with E-state index in [1.54, 1.807) is 0 Å². The summed E-state index contributed by atoms with van der Waals surface area (Å²) in [6.07, 6.45) is 6.62. The maximum absolute atomic E-state index is 10.8. The molecule has 1 heterocycles. The van der Waals surface area contributed by atoms with Crippen molar-refractivity contribution in [2.75, 3.05) is 13.1 Å². The van der Waals surface area contributed by atoms with Gasteiger partial charge in [0.15, 0.2) is 0 Å². The van der Waals surface area contributed by atoms with E-state index in [4.69, 9.17) is 5.11 Å². The van der Waals surface area contributed by atoms with Crippen LogP contribution in [0.4, 0.5) is 0 Å². The smallest absolute Gasteiger partial charge is 0.306 e. The summed E-state index contributed by atoms with van der Waals surface area (Å²) in [6, 6.07) is 0.688. The number of hydrogen-bond acceptors (Lipinski definition) is 2. The van der Waals surface area contributed by atoms with E-state index in [1.165, 1.54) is 25.9 Å². The molecule has 2 aliphatic rings. The van der Waals surface area contributed by atoms with E-state index in [0.29, 0.717) is 6.04 Å². The maximum Gasteiger partial charge on any atom is 0.306 e. The normalized spacial score (nSPS) is 34.6. The minimum absolute atomic E-state index is 0.0612. The van der Waals surface area contributed by atoms with E-state index in [2.05, 4.69) is 4.90 Å². The van der Waals surface area contributed by atoms with Gasteiger partial charge in [-0.2, -0.15) is 0 Å². The molecule has 0 unspecified atom stereocenters. The summed E-state index contributed by atoms with van der Waals surface area (Å²) in [7, 11) is 0. The first-order chi connectivity index (χ1) is 6.77. The summed E-state index contributed by atoms with van der Waals surface area (Å²) in [5.41, 5.74) is 0. The van der Waals surface area contributed by atoms with Crippen molar-refractivity contribution in [1.82, 2.24) is 4.90 Å². The second-order valence-corrected chi connectivity index (χ2v) is 4.59. The molecular formula is C11H19NO2. The monoisotopic (exact) mass is 197 g/mol. The summed E-state index contributed by atoms with van der Waals surface area (Å²) in [5, 5.41) is 8.88. The van der Waals surface area contributed by atoms with Crippen molar-refractivity contribution >= 4 is 5.97 Å². The fourth-order valence-corrected chi connectivity index (χ4v) is 2.79. The molecule has 0 aromatic heterocycles. The quantitative estimate of drug-likeness (QED) is 0.733. The van der Waals surface area contributed by atoms with Crippen molar-refractivity contribution in [3.05, 3.63) is 0 Å². The topological polar surface area (TPSA) is 40.5 Å². The van der Waals surface area contributed by atoms with Crippen molar-refractivity contribution in [1.29, 1.82) is 0 Å². The number of hydrogen-bond donors (Lipinski definition) is 1. The van der Waals surface area contributed by atoms with Crippen LogP contribution >= 0.6 is 0 Å². The standard InChI is InChI=1S/C11H19NO2/c13-11(14)9-3-5-10(6-4-9)12-7-1-2-8-12/h9-10H,1-8H2,(H,13,14)/t9-,10+. The lowest BCUT2D eigenvalue weighted by molar-refractivity contribution is -0.143. The molecular weight excluding hydrogens is 178 g/mol. The van der Waals surface area contributed by atoms with Gasteiger partial charge in [0.05, 0.1) is 5.92 Å². The predicted octanol–water partition coefficient (Wildman–Crippen LogP) is 1.73. The highest BCUT2D eigenvalue weighted by atomic mass is 16.4. The third-order valence-corrected chi connectivity index (χ3v) is 3.70. The van der Waals surface area contributed by atoms with Gasteiger partial charge >= 0.3 is 5.97 Å². The van der Waals surface area contributed by atoms with Crippen molar-refractivity contribution in [3.63, 3.8) is 0 Å². The van der Waals surface area contributed by atoms with Crippen LogP contribution in [-0.2, 0) is 4.79 Å². The van der Waals surface area contributed by atoms with Gasteiger partial charge in [-0.15, -0.1) is 0 Å². The predicted molar refractivity (Wildman–Crippen MR) is 54.2 cm³/mol. The van der Waals surface area contributed by atoms with Crippen LogP contribution in [-0.4, -0.2) is 35.1 Å². The second kappa shape index (κ2) is 4.30. The lowest BCUT2D eigenvalue weighted by Gasteiger charge is -2.33. The molecule has 0 aromatic carbocycles. The Morgan fingerprint density at radius 2 is 1.64 bits per heavy atom. The molecule has 1 saturated carbocycles. The average Bonchev–Trinajstić information content (AvgIpc) is 2.71. The van der Waals surface area contributed by atoms with Crippen LogP contribution in [0, 0.1) is 5.92 Å². The summed E-state index contributed by atoms with van der Waals surface area (Å²) in [6.45, 7) is 2.48. The van der Waals surface area contributed by atoms with Gasteiger partial charge in [0, 0.05) is 6.04 Å². The molecule has 1 saturated heterocycles. The molecule has 0 aromatic rings. The van der Waals surface area contributed by atoms with Gasteiger partial charge in [-0.1, -0.05) is 0 Å². The molecule has 0 radical (unpaired) electrons. The number of carboxylic acids is 1. The van der Waals surface area contributed by atoms with E-state index in [1.807, 2.05) is 0 Å². The fourth-order valence-electron chi connectivity index (χ4n) is 2.79. The Bertz CT molecular complexity index is 203. The lowest BCUT2D eigenvalue weighted by Crippen LogP contribution is -2.37. The van der Waals surface area contributed by atoms with Crippen LogP contribution in [0.5, 0.6) is 0 Å². The highest BCUT2D eigenvalue weighted by Crippen LogP contribution is 2.29. The molecule has 2 fully saturated rings. The Balaban J connectivity index is 1.80. The molecule has 14 heavy (non-hydrogen) atoms. The van der Waals surface area contributed by atoms with Crippen LogP contribution < -0.4 is 0 Å². The Hall–Kier alpha value is -0.570. The first-order valence-corrected chi connectivity index (χ1v) is 5.74. The zero-order valence-electron chi connectivity index (χ0n) is 8.61. The first kappa shape index (κ1) is 9.97. The van der Waals surface area contributed by atoms with E-state index in [-0.39, 0.29) is 5.92 Å². The molecule has 0 bridgehead atoms. The van der Waals surface area contributed by atoms with E-state index >= 15 is 0 Å². The number of rotatable bonds is 2. The molecule has 0 amide bonds. The van der Waals surface area contributed by atoms with Gasteiger partial charge in [-0.05, 0) is 51.6 Å². The van der Waals surface area contributed by atoms with Gasteiger partial charge in [0.1, 0.15) is 0 Å². The van der Waals surface area contributed by atoms with E-state index in [9.17, 15) is 4.79 Å². The van der Waals surface area contributed by atoms with Crippen molar-refractivity contribution in [2.24, 2.45) is 5.92 Å². The Labute approximate surface area is 85.1 Å². The third kappa shape index (κ3) is 2.08. The zero-order chi connectivity index (χ0) is 9.97. The van der Waals surface area contributed by atoms with Crippen LogP contribution in [0.15, 0.2) is 0 Å². The van der Waals surface area contributed by atoms with Crippen LogP contribution in [0.3, 0.4) is 0 Å². The van der Waals surface area contributed by atoms with Crippen molar-refractivity contribution in [2.45, 2.75) is 44.6 Å². The Kier molecular flexibility index (Phi) is 3.06. The molecule has 0 atom stereocenters. The first-order valence-electron chi connectivity index (χ1n) is 5.74. The molecule has 3 heteroatoms. The molecule has 1 aliphatic heterocycles. The van der Waals surface area contributed by atoms with Gasteiger partial charge in [-0.3, -0.25) is 4.79 Å². The van der Waals surface area contributed by atoms with Gasteiger partial charge < -0.3 is 10.0 Å². The molecule has 0 spiro atoms. The maximum atomic E-state index is 10.8. The second-order valence-electron chi connectivity index (χ2n) is 4.59. The average molecular weight is 197 g/mol. The van der Waals surface area contributed by atoms with Gasteiger partial charge in [0.2, 0.25) is 0 Å². The summed E-state index contributed by atoms with van der Waals surface area (Å²) in [5.74, 6) is -0.654. The molecule has 2 rings (SSSR count). The number of carboxylic acid groups (broad SMARTS) is 1. The van der Waals surface area contributed by atoms with E-state index < -0.39 is 5.97 Å². The largest absolute Gasteiger partial charge is 0.481 e. The third-order valence-electron chi connectivity index (χ3n) is 3.70. The van der Waals surface area contributed by atoms with Gasteiger partial charge in [0.25, 0.3) is 0 Å². The zero-order valence-corrected chi connectivity index (χ0v) is 8.61. The van der Waals surface area contributed by atoms with Crippen LogP contribution in [0.1, 0.15) is 38.5 Å². The Morgan fingerprint density at radius 3 is 2.14 bits per heavy atom. The minimum Gasteiger partial charge on any atom is -0.481 e.